The minimum atomic E-state index is -1.50. The quantitative estimate of drug-likeness (QED) is 0.204. The van der Waals surface area contributed by atoms with Crippen LogP contribution < -0.4 is 15.5 Å². The largest absolute Gasteiger partial charge is 0.487 e. The highest BCUT2D eigenvalue weighted by Crippen LogP contribution is 2.29. The molecule has 0 fully saturated rings. The maximum Gasteiger partial charge on any atom is 0.254 e. The number of nitrogens with one attached hydrogen (secondary N) is 3. The summed E-state index contributed by atoms with van der Waals surface area (Å²) in [5.41, 5.74) is 2.95. The molecule has 2 aromatic carbocycles. The molecule has 0 unspecified atom stereocenters. The van der Waals surface area contributed by atoms with Crippen LogP contribution in [0.1, 0.15) is 35.4 Å². The van der Waals surface area contributed by atoms with Crippen molar-refractivity contribution >= 4 is 11.7 Å². The molecule has 3 rings (SSSR count). The summed E-state index contributed by atoms with van der Waals surface area (Å²) in [6, 6.07) is 13.7. The number of hydroxylamine groups is 1. The summed E-state index contributed by atoms with van der Waals surface area (Å²) in [6.45, 7) is 1.77. The van der Waals surface area contributed by atoms with Crippen LogP contribution in [-0.2, 0) is 22.7 Å². The lowest BCUT2D eigenvalue weighted by Crippen LogP contribution is -2.31. The van der Waals surface area contributed by atoms with Gasteiger partial charge in [0, 0.05) is 37.0 Å². The van der Waals surface area contributed by atoms with Gasteiger partial charge in [0.2, 0.25) is 0 Å². The first kappa shape index (κ1) is 24.7. The molecular formula is C24H24F2N4O4. The van der Waals surface area contributed by atoms with Crippen molar-refractivity contribution < 1.29 is 28.3 Å². The number of amidine groups is 1. The van der Waals surface area contributed by atoms with Gasteiger partial charge < -0.3 is 14.8 Å². The lowest BCUT2D eigenvalue weighted by molar-refractivity contribution is -0.133. The summed E-state index contributed by atoms with van der Waals surface area (Å²) < 4.78 is 40.5. The molecule has 0 aliphatic carbocycles. The van der Waals surface area contributed by atoms with Gasteiger partial charge in [-0.15, -0.1) is 0 Å². The third-order valence-electron chi connectivity index (χ3n) is 4.82. The average Bonchev–Trinajstić information content (AvgIpc) is 2.85. The van der Waals surface area contributed by atoms with Crippen LogP contribution >= 0.6 is 0 Å². The Morgan fingerprint density at radius 2 is 1.85 bits per heavy atom. The van der Waals surface area contributed by atoms with Crippen molar-refractivity contribution in [2.75, 3.05) is 6.61 Å². The Morgan fingerprint density at radius 3 is 2.44 bits per heavy atom. The van der Waals surface area contributed by atoms with Crippen molar-refractivity contribution in [1.82, 2.24) is 15.8 Å². The normalized spacial score (nSPS) is 11.5. The van der Waals surface area contributed by atoms with E-state index < -0.39 is 29.2 Å². The number of amides is 1. The molecule has 0 aliphatic heterocycles. The van der Waals surface area contributed by atoms with E-state index in [0.29, 0.717) is 16.8 Å². The molecule has 178 valence electrons. The Morgan fingerprint density at radius 1 is 1.15 bits per heavy atom. The summed E-state index contributed by atoms with van der Waals surface area (Å²) in [4.78, 5) is 16.8. The van der Waals surface area contributed by atoms with Crippen LogP contribution in [0.2, 0.25) is 0 Å². The zero-order valence-electron chi connectivity index (χ0n) is 18.3. The number of halogens is 2. The standard InChI is InChI=1S/C24H24F2N4O4/c1-2-33-22(24(31)29-13-15-6-8-16(9-7-15)23(27)30-32)21-19(25)11-18(12-20(21)26)34-14-17-5-3-4-10-28-17/h3-12,22,32H,2,13-14H2,1H3,(H2,27,30)(H,29,31)/t22-/m0/s1. The van der Waals surface area contributed by atoms with Gasteiger partial charge in [0.15, 0.2) is 6.10 Å². The van der Waals surface area contributed by atoms with E-state index in [2.05, 4.69) is 10.3 Å². The molecule has 8 nitrogen and oxygen atoms in total. The second-order valence-electron chi connectivity index (χ2n) is 7.15. The van der Waals surface area contributed by atoms with Gasteiger partial charge in [0.1, 0.15) is 29.8 Å². The summed E-state index contributed by atoms with van der Waals surface area (Å²) in [6.07, 6.45) is 0.0842. The Hall–Kier alpha value is -3.89. The summed E-state index contributed by atoms with van der Waals surface area (Å²) >= 11 is 0. The van der Waals surface area contributed by atoms with Crippen molar-refractivity contribution in [3.63, 3.8) is 0 Å². The Balaban J connectivity index is 1.70. The van der Waals surface area contributed by atoms with Crippen molar-refractivity contribution in [1.29, 1.82) is 5.41 Å². The van der Waals surface area contributed by atoms with Gasteiger partial charge in [-0.2, -0.15) is 0 Å². The van der Waals surface area contributed by atoms with Crippen LogP contribution in [-0.4, -0.2) is 28.5 Å². The SMILES string of the molecule is CCO[C@H](C(=O)NCc1ccc(C(=N)NO)cc1)c1c(F)cc(OCc2ccccn2)cc1F. The number of hydrogen-bond acceptors (Lipinski definition) is 6. The molecule has 1 amide bonds. The Kier molecular flexibility index (Phi) is 8.60. The molecule has 0 saturated heterocycles. The number of ether oxygens (including phenoxy) is 2. The number of benzene rings is 2. The number of nitrogens with zero attached hydrogens (tertiary/aromatic N) is 1. The molecule has 10 heteroatoms. The smallest absolute Gasteiger partial charge is 0.254 e. The van der Waals surface area contributed by atoms with Gasteiger partial charge in [-0.05, 0) is 24.6 Å². The first-order chi connectivity index (χ1) is 16.4. The fourth-order valence-electron chi connectivity index (χ4n) is 3.13. The molecule has 0 spiro atoms. The fourth-order valence-corrected chi connectivity index (χ4v) is 3.13. The van der Waals surface area contributed by atoms with Crippen molar-refractivity contribution in [3.05, 3.63) is 94.8 Å². The summed E-state index contributed by atoms with van der Waals surface area (Å²) in [7, 11) is 0. The minimum Gasteiger partial charge on any atom is -0.487 e. The van der Waals surface area contributed by atoms with E-state index in [9.17, 15) is 13.6 Å². The molecule has 0 bridgehead atoms. The topological polar surface area (TPSA) is 117 Å². The second kappa shape index (κ2) is 11.8. The second-order valence-corrected chi connectivity index (χ2v) is 7.15. The monoisotopic (exact) mass is 470 g/mol. The third kappa shape index (κ3) is 6.33. The van der Waals surface area contributed by atoms with E-state index in [1.54, 1.807) is 61.1 Å². The molecule has 0 radical (unpaired) electrons. The molecule has 1 aromatic heterocycles. The van der Waals surface area contributed by atoms with Crippen LogP contribution in [0.3, 0.4) is 0 Å². The van der Waals surface area contributed by atoms with E-state index in [-0.39, 0.29) is 31.3 Å². The van der Waals surface area contributed by atoms with Crippen molar-refractivity contribution in [2.24, 2.45) is 0 Å². The number of rotatable bonds is 10. The van der Waals surface area contributed by atoms with E-state index in [4.69, 9.17) is 20.1 Å². The molecule has 4 N–H and O–H groups in total. The van der Waals surface area contributed by atoms with Crippen LogP contribution in [0, 0.1) is 17.0 Å². The fraction of sp³-hybridized carbons (Fsp3) is 0.208. The highest BCUT2D eigenvalue weighted by molar-refractivity contribution is 5.95. The maximum absolute atomic E-state index is 14.8. The molecule has 0 saturated carbocycles. The number of hydrogen-bond donors (Lipinski definition) is 4. The highest BCUT2D eigenvalue weighted by Gasteiger charge is 2.28. The predicted octanol–water partition coefficient (Wildman–Crippen LogP) is 3.64. The molecule has 0 aliphatic rings. The molecular weight excluding hydrogens is 446 g/mol. The zero-order valence-corrected chi connectivity index (χ0v) is 18.3. The maximum atomic E-state index is 14.8. The van der Waals surface area contributed by atoms with Crippen molar-refractivity contribution in [2.45, 2.75) is 26.2 Å². The first-order valence-corrected chi connectivity index (χ1v) is 10.4. The number of pyridine rings is 1. The van der Waals surface area contributed by atoms with Crippen LogP contribution in [0.5, 0.6) is 5.75 Å². The number of carbonyl (C=O) groups excluding carboxylic acids is 1. The van der Waals surface area contributed by atoms with E-state index in [0.717, 1.165) is 12.1 Å². The number of carbonyl (C=O) groups is 1. The van der Waals surface area contributed by atoms with Gasteiger partial charge in [0.25, 0.3) is 5.91 Å². The van der Waals surface area contributed by atoms with Crippen LogP contribution in [0.4, 0.5) is 8.78 Å². The molecule has 34 heavy (non-hydrogen) atoms. The first-order valence-electron chi connectivity index (χ1n) is 10.4. The van der Waals surface area contributed by atoms with Crippen molar-refractivity contribution in [3.8, 4) is 5.75 Å². The summed E-state index contributed by atoms with van der Waals surface area (Å²) in [5.74, 6) is -2.86. The van der Waals surface area contributed by atoms with Gasteiger partial charge >= 0.3 is 0 Å². The van der Waals surface area contributed by atoms with Gasteiger partial charge in [-0.1, -0.05) is 30.3 Å². The van der Waals surface area contributed by atoms with Gasteiger partial charge in [0.05, 0.1) is 11.3 Å². The highest BCUT2D eigenvalue weighted by atomic mass is 19.1. The number of aromatic nitrogens is 1. The minimum absolute atomic E-state index is 0.0288. The average molecular weight is 470 g/mol. The Labute approximate surface area is 195 Å². The third-order valence-corrected chi connectivity index (χ3v) is 4.82. The van der Waals surface area contributed by atoms with Gasteiger partial charge in [-0.3, -0.25) is 25.9 Å². The summed E-state index contributed by atoms with van der Waals surface area (Å²) in [5, 5.41) is 18.9. The predicted molar refractivity (Wildman–Crippen MR) is 119 cm³/mol. The van der Waals surface area contributed by atoms with Crippen LogP contribution in [0.15, 0.2) is 60.8 Å². The lowest BCUT2D eigenvalue weighted by atomic mass is 10.1. The molecule has 3 aromatic rings. The molecule has 1 atom stereocenters. The van der Waals surface area contributed by atoms with E-state index >= 15 is 0 Å². The van der Waals surface area contributed by atoms with E-state index in [1.165, 1.54) is 0 Å². The lowest BCUT2D eigenvalue weighted by Gasteiger charge is -2.19. The molecule has 1 heterocycles. The Bertz CT molecular complexity index is 1100. The van der Waals surface area contributed by atoms with Crippen LogP contribution in [0.25, 0.3) is 0 Å². The van der Waals surface area contributed by atoms with Gasteiger partial charge in [-0.25, -0.2) is 8.78 Å². The zero-order chi connectivity index (χ0) is 24.5. The van der Waals surface area contributed by atoms with E-state index in [1.807, 2.05) is 0 Å².